The molecule has 3 rings (SSSR count). The minimum Gasteiger partial charge on any atom is -0.492 e. The van der Waals surface area contributed by atoms with E-state index in [9.17, 15) is 13.2 Å². The van der Waals surface area contributed by atoms with Gasteiger partial charge in [0.05, 0.1) is 10.4 Å². The maximum Gasteiger partial charge on any atom is 0.240 e. The second kappa shape index (κ2) is 8.15. The Labute approximate surface area is 157 Å². The predicted molar refractivity (Wildman–Crippen MR) is 103 cm³/mol. The van der Waals surface area contributed by atoms with E-state index in [0.29, 0.717) is 11.4 Å². The number of anilines is 1. The predicted octanol–water partition coefficient (Wildman–Crippen LogP) is 2.55. The van der Waals surface area contributed by atoms with Crippen LogP contribution < -0.4 is 14.8 Å². The Morgan fingerprint density at radius 2 is 1.89 bits per heavy atom. The van der Waals surface area contributed by atoms with Crippen molar-refractivity contribution in [3.63, 3.8) is 0 Å². The van der Waals surface area contributed by atoms with Gasteiger partial charge in [-0.1, -0.05) is 6.07 Å². The van der Waals surface area contributed by atoms with Gasteiger partial charge in [-0.3, -0.25) is 9.78 Å². The number of rotatable bonds is 7. The number of benzene rings is 2. The van der Waals surface area contributed by atoms with Crippen LogP contribution in [0.1, 0.15) is 6.92 Å². The maximum absolute atomic E-state index is 12.3. The zero-order chi connectivity index (χ0) is 19.3. The Bertz CT molecular complexity index is 1050. The van der Waals surface area contributed by atoms with Crippen molar-refractivity contribution in [1.29, 1.82) is 0 Å². The molecule has 0 unspecified atom stereocenters. The lowest BCUT2D eigenvalue weighted by Crippen LogP contribution is -2.28. The molecule has 0 saturated carbocycles. The molecule has 0 bridgehead atoms. The third-order valence-corrected chi connectivity index (χ3v) is 5.20. The molecule has 0 aliphatic rings. The molecular weight excluding hydrogens is 366 g/mol. The Balaban J connectivity index is 1.54. The quantitative estimate of drug-likeness (QED) is 0.609. The first-order chi connectivity index (χ1) is 12.9. The SMILES string of the molecule is CC(=O)Nc1ccc(S(=O)(=O)NCCOc2ccc3ncccc3c2)cc1. The van der Waals surface area contributed by atoms with Gasteiger partial charge >= 0.3 is 0 Å². The van der Waals surface area contributed by atoms with E-state index in [2.05, 4.69) is 15.0 Å². The molecule has 0 aliphatic carbocycles. The molecule has 140 valence electrons. The van der Waals surface area contributed by atoms with E-state index in [1.807, 2.05) is 24.3 Å². The molecule has 0 atom stereocenters. The minimum absolute atomic E-state index is 0.119. The van der Waals surface area contributed by atoms with Gasteiger partial charge in [0.15, 0.2) is 0 Å². The molecule has 0 spiro atoms. The van der Waals surface area contributed by atoms with Gasteiger partial charge < -0.3 is 10.1 Å². The maximum atomic E-state index is 12.3. The number of hydrogen-bond donors (Lipinski definition) is 2. The van der Waals surface area contributed by atoms with Crippen molar-refractivity contribution in [2.75, 3.05) is 18.5 Å². The zero-order valence-corrected chi connectivity index (χ0v) is 15.5. The van der Waals surface area contributed by atoms with Crippen LogP contribution in [-0.4, -0.2) is 32.5 Å². The topological polar surface area (TPSA) is 97.4 Å². The standard InChI is InChI=1S/C19H19N3O4S/c1-14(23)22-16-4-7-18(8-5-16)27(24,25)21-11-12-26-17-6-9-19-15(13-17)3-2-10-20-19/h2-10,13,21H,11-12H2,1H3,(H,22,23). The molecule has 1 heterocycles. The summed E-state index contributed by atoms with van der Waals surface area (Å²) in [6.07, 6.45) is 1.72. The first-order valence-electron chi connectivity index (χ1n) is 8.29. The van der Waals surface area contributed by atoms with Crippen LogP contribution in [0.25, 0.3) is 10.9 Å². The van der Waals surface area contributed by atoms with E-state index in [4.69, 9.17) is 4.74 Å². The molecule has 3 aromatic rings. The number of nitrogens with one attached hydrogen (secondary N) is 2. The summed E-state index contributed by atoms with van der Waals surface area (Å²) in [6, 6.07) is 15.2. The summed E-state index contributed by atoms with van der Waals surface area (Å²) in [5, 5.41) is 3.54. The second-order valence-electron chi connectivity index (χ2n) is 5.81. The van der Waals surface area contributed by atoms with Crippen molar-refractivity contribution < 1.29 is 17.9 Å². The molecule has 0 aliphatic heterocycles. The Hall–Kier alpha value is -2.97. The first kappa shape index (κ1) is 18.8. The highest BCUT2D eigenvalue weighted by atomic mass is 32.2. The highest BCUT2D eigenvalue weighted by Gasteiger charge is 2.13. The second-order valence-corrected chi connectivity index (χ2v) is 7.58. The normalized spacial score (nSPS) is 11.3. The number of carbonyl (C=O) groups is 1. The van der Waals surface area contributed by atoms with E-state index in [1.54, 1.807) is 12.3 Å². The number of hydrogen-bond acceptors (Lipinski definition) is 5. The number of carbonyl (C=O) groups excluding carboxylic acids is 1. The zero-order valence-electron chi connectivity index (χ0n) is 14.7. The molecule has 27 heavy (non-hydrogen) atoms. The summed E-state index contributed by atoms with van der Waals surface area (Å²) in [5.41, 5.74) is 1.41. The highest BCUT2D eigenvalue weighted by molar-refractivity contribution is 7.89. The average Bonchev–Trinajstić information content (AvgIpc) is 2.65. The number of pyridine rings is 1. The third-order valence-electron chi connectivity index (χ3n) is 3.72. The molecule has 0 radical (unpaired) electrons. The van der Waals surface area contributed by atoms with Gasteiger partial charge in [0, 0.05) is 30.7 Å². The van der Waals surface area contributed by atoms with Crippen molar-refractivity contribution in [2.24, 2.45) is 0 Å². The lowest BCUT2D eigenvalue weighted by Gasteiger charge is -2.10. The van der Waals surface area contributed by atoms with E-state index in [-0.39, 0.29) is 24.0 Å². The lowest BCUT2D eigenvalue weighted by atomic mass is 10.2. The van der Waals surface area contributed by atoms with Crippen molar-refractivity contribution in [2.45, 2.75) is 11.8 Å². The van der Waals surface area contributed by atoms with Crippen LogP contribution in [-0.2, 0) is 14.8 Å². The number of fused-ring (bicyclic) bond motifs is 1. The summed E-state index contributed by atoms with van der Waals surface area (Å²) in [5.74, 6) is 0.430. The van der Waals surface area contributed by atoms with Gasteiger partial charge in [0.1, 0.15) is 12.4 Å². The lowest BCUT2D eigenvalue weighted by molar-refractivity contribution is -0.114. The Kier molecular flexibility index (Phi) is 5.68. The van der Waals surface area contributed by atoms with Gasteiger partial charge in [0.2, 0.25) is 15.9 Å². The van der Waals surface area contributed by atoms with E-state index in [1.165, 1.54) is 31.2 Å². The number of amides is 1. The first-order valence-corrected chi connectivity index (χ1v) is 9.77. The van der Waals surface area contributed by atoms with Gasteiger partial charge in [-0.25, -0.2) is 13.1 Å². The average molecular weight is 385 g/mol. The molecule has 1 aromatic heterocycles. The molecule has 2 N–H and O–H groups in total. The fourth-order valence-electron chi connectivity index (χ4n) is 2.49. The largest absolute Gasteiger partial charge is 0.492 e. The molecule has 7 nitrogen and oxygen atoms in total. The fraction of sp³-hybridized carbons (Fsp3) is 0.158. The van der Waals surface area contributed by atoms with Crippen LogP contribution in [0.5, 0.6) is 5.75 Å². The highest BCUT2D eigenvalue weighted by Crippen LogP contribution is 2.19. The van der Waals surface area contributed by atoms with Gasteiger partial charge in [-0.2, -0.15) is 0 Å². The van der Waals surface area contributed by atoms with Crippen molar-refractivity contribution >= 4 is 32.5 Å². The molecular formula is C19H19N3O4S. The van der Waals surface area contributed by atoms with Crippen LogP contribution in [0.3, 0.4) is 0 Å². The van der Waals surface area contributed by atoms with Gasteiger partial charge in [-0.15, -0.1) is 0 Å². The van der Waals surface area contributed by atoms with E-state index < -0.39 is 10.0 Å². The van der Waals surface area contributed by atoms with Crippen molar-refractivity contribution in [1.82, 2.24) is 9.71 Å². The number of aromatic nitrogens is 1. The molecule has 1 amide bonds. The summed E-state index contributed by atoms with van der Waals surface area (Å²) in [4.78, 5) is 15.4. The third kappa shape index (κ3) is 5.02. The van der Waals surface area contributed by atoms with Crippen molar-refractivity contribution in [3.05, 3.63) is 60.8 Å². The van der Waals surface area contributed by atoms with Gasteiger partial charge in [-0.05, 0) is 48.5 Å². The molecule has 0 fully saturated rings. The van der Waals surface area contributed by atoms with Crippen LogP contribution >= 0.6 is 0 Å². The summed E-state index contributed by atoms with van der Waals surface area (Å²) < 4.78 is 32.7. The Morgan fingerprint density at radius 3 is 2.63 bits per heavy atom. The molecule has 0 saturated heterocycles. The summed E-state index contributed by atoms with van der Waals surface area (Å²) in [7, 11) is -3.65. The summed E-state index contributed by atoms with van der Waals surface area (Å²) >= 11 is 0. The smallest absolute Gasteiger partial charge is 0.240 e. The molecule has 8 heteroatoms. The van der Waals surface area contributed by atoms with Crippen LogP contribution in [0, 0.1) is 0 Å². The minimum atomic E-state index is -3.65. The van der Waals surface area contributed by atoms with Crippen LogP contribution in [0.15, 0.2) is 65.7 Å². The van der Waals surface area contributed by atoms with Gasteiger partial charge in [0.25, 0.3) is 0 Å². The van der Waals surface area contributed by atoms with Crippen molar-refractivity contribution in [3.8, 4) is 5.75 Å². The Morgan fingerprint density at radius 1 is 1.11 bits per heavy atom. The van der Waals surface area contributed by atoms with E-state index >= 15 is 0 Å². The summed E-state index contributed by atoms with van der Waals surface area (Å²) in [6.45, 7) is 1.70. The number of sulfonamides is 1. The van der Waals surface area contributed by atoms with E-state index in [0.717, 1.165) is 10.9 Å². The number of nitrogens with zero attached hydrogens (tertiary/aromatic N) is 1. The molecule has 2 aromatic carbocycles. The monoisotopic (exact) mass is 385 g/mol. The number of ether oxygens (including phenoxy) is 1. The van der Waals surface area contributed by atoms with Crippen LogP contribution in [0.4, 0.5) is 5.69 Å². The fourth-order valence-corrected chi connectivity index (χ4v) is 3.51. The van der Waals surface area contributed by atoms with Crippen LogP contribution in [0.2, 0.25) is 0 Å².